The molecule has 1 aliphatic heterocycles. The lowest BCUT2D eigenvalue weighted by Crippen LogP contribution is -2.38. The highest BCUT2D eigenvalue weighted by Crippen LogP contribution is 2.31. The highest BCUT2D eigenvalue weighted by molar-refractivity contribution is 5.88. The van der Waals surface area contributed by atoms with Crippen LogP contribution in [0.1, 0.15) is 11.7 Å². The monoisotopic (exact) mass is 360 g/mol. The summed E-state index contributed by atoms with van der Waals surface area (Å²) in [5.41, 5.74) is 2.04. The minimum atomic E-state index is 0.00853. The number of methoxy groups -OCH3 is 1. The van der Waals surface area contributed by atoms with Gasteiger partial charge >= 0.3 is 0 Å². The second-order valence-corrected chi connectivity index (χ2v) is 6.74. The maximum atomic E-state index is 6.09. The zero-order chi connectivity index (χ0) is 18.2. The Bertz CT molecular complexity index is 1110. The van der Waals surface area contributed by atoms with Crippen molar-refractivity contribution in [2.75, 3.05) is 31.7 Å². The summed E-state index contributed by atoms with van der Waals surface area (Å²) in [5.74, 6) is 1.83. The number of hydrogen-bond acceptors (Lipinski definition) is 5. The van der Waals surface area contributed by atoms with Gasteiger partial charge in [0.25, 0.3) is 0 Å². The number of fused-ring (bicyclic) bond motifs is 2. The van der Waals surface area contributed by atoms with Crippen LogP contribution in [0.4, 0.5) is 5.82 Å². The van der Waals surface area contributed by atoms with Crippen LogP contribution in [0.2, 0.25) is 0 Å². The number of anilines is 1. The van der Waals surface area contributed by atoms with Gasteiger partial charge in [0.1, 0.15) is 23.3 Å². The van der Waals surface area contributed by atoms with E-state index in [4.69, 9.17) is 13.9 Å². The van der Waals surface area contributed by atoms with Gasteiger partial charge in [-0.15, -0.1) is 0 Å². The third-order valence-corrected chi connectivity index (χ3v) is 5.17. The summed E-state index contributed by atoms with van der Waals surface area (Å²) >= 11 is 0. The van der Waals surface area contributed by atoms with E-state index >= 15 is 0 Å². The molecule has 27 heavy (non-hydrogen) atoms. The van der Waals surface area contributed by atoms with E-state index in [2.05, 4.69) is 40.2 Å². The number of morpholine rings is 1. The van der Waals surface area contributed by atoms with Gasteiger partial charge < -0.3 is 18.8 Å². The van der Waals surface area contributed by atoms with Crippen LogP contribution >= 0.6 is 0 Å². The van der Waals surface area contributed by atoms with Gasteiger partial charge in [0, 0.05) is 19.3 Å². The third-order valence-electron chi connectivity index (χ3n) is 5.17. The molecule has 1 aliphatic rings. The lowest BCUT2D eigenvalue weighted by molar-refractivity contribution is 0.0397. The smallest absolute Gasteiger partial charge is 0.139 e. The zero-order valence-electron chi connectivity index (χ0n) is 15.1. The van der Waals surface area contributed by atoms with Crippen molar-refractivity contribution in [2.45, 2.75) is 6.10 Å². The van der Waals surface area contributed by atoms with Crippen molar-refractivity contribution in [1.29, 1.82) is 0 Å². The first kappa shape index (κ1) is 16.1. The van der Waals surface area contributed by atoms with Gasteiger partial charge in [0.15, 0.2) is 0 Å². The van der Waals surface area contributed by atoms with Crippen molar-refractivity contribution >= 4 is 27.6 Å². The number of nitrogens with zero attached hydrogens (tertiary/aromatic N) is 2. The molecule has 0 saturated carbocycles. The molecule has 5 rings (SSSR count). The Kier molecular flexibility index (Phi) is 3.94. The van der Waals surface area contributed by atoms with Crippen LogP contribution in [0.3, 0.4) is 0 Å². The molecule has 0 radical (unpaired) electrons. The van der Waals surface area contributed by atoms with Crippen molar-refractivity contribution in [3.8, 4) is 5.75 Å². The van der Waals surface area contributed by atoms with Crippen LogP contribution in [0.15, 0.2) is 65.4 Å². The molecule has 2 aromatic heterocycles. The molecule has 5 heteroatoms. The minimum absolute atomic E-state index is 0.00853. The highest BCUT2D eigenvalue weighted by atomic mass is 16.5. The van der Waals surface area contributed by atoms with Crippen LogP contribution in [0, 0.1) is 0 Å². The van der Waals surface area contributed by atoms with Crippen molar-refractivity contribution in [2.24, 2.45) is 0 Å². The summed E-state index contributed by atoms with van der Waals surface area (Å²) in [7, 11) is 1.69. The molecule has 0 N–H and O–H groups in total. The SMILES string of the molecule is COc1ccc2cc(C3CN(c4nccc5occc45)CCO3)ccc2c1. The molecule has 1 unspecified atom stereocenters. The van der Waals surface area contributed by atoms with E-state index in [0.29, 0.717) is 6.61 Å². The Morgan fingerprint density at radius 2 is 1.96 bits per heavy atom. The van der Waals surface area contributed by atoms with Crippen molar-refractivity contribution in [1.82, 2.24) is 4.98 Å². The second kappa shape index (κ2) is 6.59. The maximum absolute atomic E-state index is 6.09. The fourth-order valence-electron chi connectivity index (χ4n) is 3.74. The highest BCUT2D eigenvalue weighted by Gasteiger charge is 2.24. The summed E-state index contributed by atoms with van der Waals surface area (Å²) < 4.78 is 16.9. The summed E-state index contributed by atoms with van der Waals surface area (Å²) in [5, 5.41) is 3.39. The number of aromatic nitrogens is 1. The Morgan fingerprint density at radius 1 is 1.07 bits per heavy atom. The molecule has 0 spiro atoms. The summed E-state index contributed by atoms with van der Waals surface area (Å²) in [4.78, 5) is 6.88. The number of hydrogen-bond donors (Lipinski definition) is 0. The molecular weight excluding hydrogens is 340 g/mol. The van der Waals surface area contributed by atoms with Crippen molar-refractivity contribution < 1.29 is 13.9 Å². The second-order valence-electron chi connectivity index (χ2n) is 6.74. The van der Waals surface area contributed by atoms with Crippen molar-refractivity contribution in [3.05, 3.63) is 66.6 Å². The molecular formula is C22H20N2O3. The zero-order valence-corrected chi connectivity index (χ0v) is 15.1. The molecule has 0 amide bonds. The number of furan rings is 1. The number of ether oxygens (including phenoxy) is 2. The number of benzene rings is 2. The van der Waals surface area contributed by atoms with Crippen LogP contribution in [-0.4, -0.2) is 31.8 Å². The van der Waals surface area contributed by atoms with Crippen LogP contribution < -0.4 is 9.64 Å². The fourth-order valence-corrected chi connectivity index (χ4v) is 3.74. The predicted molar refractivity (Wildman–Crippen MR) is 105 cm³/mol. The standard InChI is InChI=1S/C22H20N2O3/c1-25-18-5-4-15-12-17(3-2-16(15)13-18)21-14-24(9-11-27-21)22-19-7-10-26-20(19)6-8-23-22/h2-8,10,12-13,21H,9,11,14H2,1H3. The first-order valence-corrected chi connectivity index (χ1v) is 9.08. The third kappa shape index (κ3) is 2.90. The van der Waals surface area contributed by atoms with Crippen molar-refractivity contribution in [3.63, 3.8) is 0 Å². The summed E-state index contributed by atoms with van der Waals surface area (Å²) in [6.07, 6.45) is 3.52. The summed E-state index contributed by atoms with van der Waals surface area (Å²) in [6, 6.07) is 16.5. The Morgan fingerprint density at radius 3 is 2.89 bits per heavy atom. The molecule has 2 aromatic carbocycles. The first-order chi connectivity index (χ1) is 13.3. The van der Waals surface area contributed by atoms with Gasteiger partial charge in [-0.05, 0) is 46.7 Å². The molecule has 0 aliphatic carbocycles. The molecule has 0 bridgehead atoms. The maximum Gasteiger partial charge on any atom is 0.139 e. The van der Waals surface area contributed by atoms with Crippen LogP contribution in [0.5, 0.6) is 5.75 Å². The summed E-state index contributed by atoms with van der Waals surface area (Å²) in [6.45, 7) is 2.25. The topological polar surface area (TPSA) is 47.7 Å². The van der Waals surface area contributed by atoms with Gasteiger partial charge in [-0.1, -0.05) is 18.2 Å². The van der Waals surface area contributed by atoms with E-state index in [1.807, 2.05) is 18.2 Å². The quantitative estimate of drug-likeness (QED) is 0.536. The Labute approximate surface area is 157 Å². The largest absolute Gasteiger partial charge is 0.497 e. The average Bonchev–Trinajstić information content (AvgIpc) is 3.22. The Balaban J connectivity index is 1.45. The van der Waals surface area contributed by atoms with E-state index in [9.17, 15) is 0 Å². The molecule has 1 saturated heterocycles. The molecule has 3 heterocycles. The normalized spacial score (nSPS) is 17.5. The van der Waals surface area contributed by atoms with E-state index < -0.39 is 0 Å². The van der Waals surface area contributed by atoms with E-state index in [-0.39, 0.29) is 6.10 Å². The lowest BCUT2D eigenvalue weighted by Gasteiger charge is -2.34. The van der Waals surface area contributed by atoms with Gasteiger partial charge in [-0.3, -0.25) is 0 Å². The Hall–Kier alpha value is -3.05. The number of rotatable bonds is 3. The fraction of sp³-hybridized carbons (Fsp3) is 0.227. The molecule has 5 nitrogen and oxygen atoms in total. The van der Waals surface area contributed by atoms with Gasteiger partial charge in [-0.2, -0.15) is 0 Å². The van der Waals surface area contributed by atoms with Gasteiger partial charge in [0.05, 0.1) is 25.4 Å². The van der Waals surface area contributed by atoms with E-state index in [1.165, 1.54) is 10.9 Å². The lowest BCUT2D eigenvalue weighted by atomic mass is 10.0. The molecule has 4 aromatic rings. The van der Waals surface area contributed by atoms with E-state index in [0.717, 1.165) is 41.0 Å². The average molecular weight is 360 g/mol. The van der Waals surface area contributed by atoms with Crippen LogP contribution in [0.25, 0.3) is 21.7 Å². The molecule has 136 valence electrons. The van der Waals surface area contributed by atoms with Gasteiger partial charge in [0.2, 0.25) is 0 Å². The van der Waals surface area contributed by atoms with Gasteiger partial charge in [-0.25, -0.2) is 4.98 Å². The van der Waals surface area contributed by atoms with Crippen LogP contribution in [-0.2, 0) is 4.74 Å². The number of pyridine rings is 1. The van der Waals surface area contributed by atoms with E-state index in [1.54, 1.807) is 19.6 Å². The predicted octanol–water partition coefficient (Wildman–Crippen LogP) is 4.57. The molecule has 1 fully saturated rings. The molecule has 1 atom stereocenters. The minimum Gasteiger partial charge on any atom is -0.497 e. The first-order valence-electron chi connectivity index (χ1n) is 9.08.